The smallest absolute Gasteiger partial charge is 0.240 e. The summed E-state index contributed by atoms with van der Waals surface area (Å²) in [6, 6.07) is 25.8. The number of carbonyl (C=O) groups excluding carboxylic acids is 1. The SMILES string of the molecule is COc1ccc(-c2nnc(SC(C)C(=O)N3CCc4ccccc43)n2-c2ccccc2)cc1. The maximum atomic E-state index is 13.3. The van der Waals surface area contributed by atoms with Crippen LogP contribution in [0.4, 0.5) is 5.69 Å². The van der Waals surface area contributed by atoms with Gasteiger partial charge in [-0.1, -0.05) is 48.2 Å². The maximum absolute atomic E-state index is 13.3. The lowest BCUT2D eigenvalue weighted by Crippen LogP contribution is -2.35. The van der Waals surface area contributed by atoms with Gasteiger partial charge in [0, 0.05) is 23.5 Å². The van der Waals surface area contributed by atoms with Crippen LogP contribution in [0.15, 0.2) is 84.0 Å². The van der Waals surface area contributed by atoms with Gasteiger partial charge in [0.25, 0.3) is 0 Å². The van der Waals surface area contributed by atoms with Crippen molar-refractivity contribution >= 4 is 23.4 Å². The van der Waals surface area contributed by atoms with Crippen molar-refractivity contribution in [2.24, 2.45) is 0 Å². The first kappa shape index (κ1) is 21.3. The van der Waals surface area contributed by atoms with E-state index in [0.717, 1.165) is 34.9 Å². The van der Waals surface area contributed by atoms with Gasteiger partial charge in [0.1, 0.15) is 5.75 Å². The molecular weight excluding hydrogens is 432 g/mol. The van der Waals surface area contributed by atoms with Crippen LogP contribution in [-0.4, -0.2) is 39.6 Å². The number of hydrogen-bond acceptors (Lipinski definition) is 5. The van der Waals surface area contributed by atoms with Gasteiger partial charge in [-0.2, -0.15) is 0 Å². The first-order chi connectivity index (χ1) is 16.2. The summed E-state index contributed by atoms with van der Waals surface area (Å²) in [5.41, 5.74) is 4.10. The van der Waals surface area contributed by atoms with Crippen molar-refractivity contribution in [1.82, 2.24) is 14.8 Å². The molecule has 6 nitrogen and oxygen atoms in total. The fraction of sp³-hybridized carbons (Fsp3) is 0.192. The quantitative estimate of drug-likeness (QED) is 0.382. The maximum Gasteiger partial charge on any atom is 0.240 e. The van der Waals surface area contributed by atoms with Crippen LogP contribution in [-0.2, 0) is 11.2 Å². The third-order valence-electron chi connectivity index (χ3n) is 5.78. The van der Waals surface area contributed by atoms with E-state index in [0.29, 0.717) is 11.7 Å². The summed E-state index contributed by atoms with van der Waals surface area (Å²) in [5.74, 6) is 1.58. The highest BCUT2D eigenvalue weighted by molar-refractivity contribution is 8.00. The second-order valence-corrected chi connectivity index (χ2v) is 9.14. The van der Waals surface area contributed by atoms with Gasteiger partial charge < -0.3 is 9.64 Å². The number of thioether (sulfide) groups is 1. The van der Waals surface area contributed by atoms with E-state index in [9.17, 15) is 4.79 Å². The fourth-order valence-corrected chi connectivity index (χ4v) is 5.01. The number of aromatic nitrogens is 3. The number of fused-ring (bicyclic) bond motifs is 1. The fourth-order valence-electron chi connectivity index (χ4n) is 4.08. The monoisotopic (exact) mass is 456 g/mol. The third kappa shape index (κ3) is 4.12. The molecule has 3 aromatic carbocycles. The van der Waals surface area contributed by atoms with Crippen molar-refractivity contribution in [2.75, 3.05) is 18.6 Å². The van der Waals surface area contributed by atoms with E-state index in [1.165, 1.54) is 17.3 Å². The minimum atomic E-state index is -0.313. The zero-order valence-electron chi connectivity index (χ0n) is 18.5. The number of amides is 1. The molecule has 33 heavy (non-hydrogen) atoms. The number of benzene rings is 3. The molecule has 0 bridgehead atoms. The Morgan fingerprint density at radius 1 is 0.970 bits per heavy atom. The predicted octanol–water partition coefficient (Wildman–Crippen LogP) is 5.01. The van der Waals surface area contributed by atoms with Crippen LogP contribution in [0.3, 0.4) is 0 Å². The third-order valence-corrected chi connectivity index (χ3v) is 6.81. The molecule has 7 heteroatoms. The largest absolute Gasteiger partial charge is 0.497 e. The lowest BCUT2D eigenvalue weighted by molar-refractivity contribution is -0.117. The molecule has 1 aromatic heterocycles. The first-order valence-corrected chi connectivity index (χ1v) is 11.7. The van der Waals surface area contributed by atoms with Crippen LogP contribution in [0, 0.1) is 0 Å². The lowest BCUT2D eigenvalue weighted by Gasteiger charge is -2.21. The molecule has 1 aliphatic rings. The van der Waals surface area contributed by atoms with Crippen LogP contribution in [0.2, 0.25) is 0 Å². The van der Waals surface area contributed by atoms with Crippen LogP contribution < -0.4 is 9.64 Å². The molecular formula is C26H24N4O2S. The van der Waals surface area contributed by atoms with E-state index < -0.39 is 0 Å². The van der Waals surface area contributed by atoms with E-state index in [2.05, 4.69) is 16.3 Å². The summed E-state index contributed by atoms with van der Waals surface area (Å²) >= 11 is 1.43. The van der Waals surface area contributed by atoms with Gasteiger partial charge in [-0.3, -0.25) is 9.36 Å². The average molecular weight is 457 g/mol. The molecule has 166 valence electrons. The highest BCUT2D eigenvalue weighted by atomic mass is 32.2. The van der Waals surface area contributed by atoms with E-state index in [1.54, 1.807) is 7.11 Å². The highest BCUT2D eigenvalue weighted by Gasteiger charge is 2.30. The van der Waals surface area contributed by atoms with Gasteiger partial charge in [0.15, 0.2) is 11.0 Å². The molecule has 0 saturated heterocycles. The van der Waals surface area contributed by atoms with E-state index >= 15 is 0 Å². The normalized spacial score (nSPS) is 13.6. The summed E-state index contributed by atoms with van der Waals surface area (Å²) in [4.78, 5) is 15.2. The van der Waals surface area contributed by atoms with Crippen molar-refractivity contribution in [1.29, 1.82) is 0 Å². The Bertz CT molecular complexity index is 1270. The number of nitrogens with zero attached hydrogens (tertiary/aromatic N) is 4. The molecule has 0 fully saturated rings. The molecule has 4 aromatic rings. The van der Waals surface area contributed by atoms with Crippen LogP contribution in [0.5, 0.6) is 5.75 Å². The lowest BCUT2D eigenvalue weighted by atomic mass is 10.2. The number of anilines is 1. The number of hydrogen-bond donors (Lipinski definition) is 0. The average Bonchev–Trinajstić information content (AvgIpc) is 3.48. The molecule has 0 saturated carbocycles. The molecule has 5 rings (SSSR count). The Labute approximate surface area is 197 Å². The molecule has 1 amide bonds. The number of methoxy groups -OCH3 is 1. The van der Waals surface area contributed by atoms with Gasteiger partial charge in [0.2, 0.25) is 5.91 Å². The van der Waals surface area contributed by atoms with Gasteiger partial charge in [-0.15, -0.1) is 10.2 Å². The van der Waals surface area contributed by atoms with Crippen molar-refractivity contribution < 1.29 is 9.53 Å². The summed E-state index contributed by atoms with van der Waals surface area (Å²) < 4.78 is 7.30. The van der Waals surface area contributed by atoms with Crippen LogP contribution in [0.1, 0.15) is 12.5 Å². The predicted molar refractivity (Wildman–Crippen MR) is 131 cm³/mol. The standard InChI is InChI=1S/C26H24N4O2S/c1-18(25(31)29-17-16-19-8-6-7-11-23(19)29)33-26-28-27-24(20-12-14-22(32-2)15-13-20)30(26)21-9-4-3-5-10-21/h3-15,18H,16-17H2,1-2H3. The Morgan fingerprint density at radius 3 is 2.45 bits per heavy atom. The number of carbonyl (C=O) groups is 1. The minimum Gasteiger partial charge on any atom is -0.497 e. The number of ether oxygens (including phenoxy) is 1. The van der Waals surface area contributed by atoms with E-state index in [4.69, 9.17) is 4.74 Å². The second kappa shape index (κ2) is 9.11. The van der Waals surface area contributed by atoms with Crippen LogP contribution in [0.25, 0.3) is 17.1 Å². The molecule has 1 atom stereocenters. The molecule has 0 aliphatic carbocycles. The van der Waals surface area contributed by atoms with Crippen molar-refractivity contribution in [3.05, 3.63) is 84.4 Å². The summed E-state index contributed by atoms with van der Waals surface area (Å²) in [6.45, 7) is 2.65. The Morgan fingerprint density at radius 2 is 1.70 bits per heavy atom. The zero-order chi connectivity index (χ0) is 22.8. The van der Waals surface area contributed by atoms with Crippen molar-refractivity contribution in [3.63, 3.8) is 0 Å². The Hall–Kier alpha value is -3.58. The molecule has 2 heterocycles. The first-order valence-electron chi connectivity index (χ1n) is 10.9. The molecule has 1 unspecified atom stereocenters. The highest BCUT2D eigenvalue weighted by Crippen LogP contribution is 2.34. The van der Waals surface area contributed by atoms with Gasteiger partial charge in [-0.05, 0) is 61.4 Å². The summed E-state index contributed by atoms with van der Waals surface area (Å²) in [7, 11) is 1.65. The van der Waals surface area contributed by atoms with Crippen LogP contribution >= 0.6 is 11.8 Å². The van der Waals surface area contributed by atoms with E-state index in [1.807, 2.05) is 89.2 Å². The Balaban J connectivity index is 1.47. The number of para-hydroxylation sites is 2. The topological polar surface area (TPSA) is 60.3 Å². The van der Waals surface area contributed by atoms with Crippen molar-refractivity contribution in [2.45, 2.75) is 23.8 Å². The van der Waals surface area contributed by atoms with Gasteiger partial charge in [-0.25, -0.2) is 0 Å². The van der Waals surface area contributed by atoms with Gasteiger partial charge >= 0.3 is 0 Å². The molecule has 0 spiro atoms. The number of rotatable bonds is 6. The molecule has 0 radical (unpaired) electrons. The summed E-state index contributed by atoms with van der Waals surface area (Å²) in [5, 5.41) is 9.34. The molecule has 0 N–H and O–H groups in total. The molecule has 1 aliphatic heterocycles. The zero-order valence-corrected chi connectivity index (χ0v) is 19.3. The summed E-state index contributed by atoms with van der Waals surface area (Å²) in [6.07, 6.45) is 0.890. The van der Waals surface area contributed by atoms with E-state index in [-0.39, 0.29) is 11.2 Å². The second-order valence-electron chi connectivity index (χ2n) is 7.83. The van der Waals surface area contributed by atoms with Crippen molar-refractivity contribution in [3.8, 4) is 22.8 Å². The minimum absolute atomic E-state index is 0.0820. The van der Waals surface area contributed by atoms with Gasteiger partial charge in [0.05, 0.1) is 12.4 Å². The Kier molecular flexibility index (Phi) is 5.88.